The molecule has 2 aliphatic carbocycles. The van der Waals surface area contributed by atoms with E-state index in [-0.39, 0.29) is 23.4 Å². The molecule has 2 aromatic rings. The summed E-state index contributed by atoms with van der Waals surface area (Å²) >= 11 is 1.23. The lowest BCUT2D eigenvalue weighted by molar-refractivity contribution is -0.138. The van der Waals surface area contributed by atoms with E-state index < -0.39 is 23.6 Å². The number of hydrogen-bond donors (Lipinski definition) is 2. The number of carbonyl (C=O) groups is 2. The van der Waals surface area contributed by atoms with Crippen molar-refractivity contribution in [3.05, 3.63) is 52.4 Å². The third kappa shape index (κ3) is 3.85. The van der Waals surface area contributed by atoms with Gasteiger partial charge in [-0.15, -0.1) is 11.3 Å². The van der Waals surface area contributed by atoms with Crippen LogP contribution >= 0.6 is 11.3 Å². The largest absolute Gasteiger partial charge is 0.416 e. The summed E-state index contributed by atoms with van der Waals surface area (Å²) in [6, 6.07) is 7.22. The first-order chi connectivity index (χ1) is 12.8. The van der Waals surface area contributed by atoms with Gasteiger partial charge >= 0.3 is 6.18 Å². The second-order valence-electron chi connectivity index (χ2n) is 6.93. The Balaban J connectivity index is 1.45. The van der Waals surface area contributed by atoms with Gasteiger partial charge in [0.05, 0.1) is 11.1 Å². The number of rotatable bonds is 5. The van der Waals surface area contributed by atoms with Crippen LogP contribution in [0.1, 0.15) is 46.7 Å². The molecule has 1 aromatic carbocycles. The molecule has 2 fully saturated rings. The Hall–Kier alpha value is -2.35. The van der Waals surface area contributed by atoms with Crippen molar-refractivity contribution in [3.8, 4) is 0 Å². The Kier molecular flexibility index (Phi) is 4.46. The molecular weight excluding hydrogens is 377 g/mol. The maximum Gasteiger partial charge on any atom is 0.416 e. The average Bonchev–Trinajstić information content (AvgIpc) is 3.53. The lowest BCUT2D eigenvalue weighted by atomic mass is 10.0. The monoisotopic (exact) mass is 394 g/mol. The summed E-state index contributed by atoms with van der Waals surface area (Å²) in [5.74, 6) is -1.55. The van der Waals surface area contributed by atoms with Crippen LogP contribution in [0.3, 0.4) is 0 Å². The third-order valence-corrected chi connectivity index (χ3v) is 5.68. The highest BCUT2D eigenvalue weighted by molar-refractivity contribution is 7.14. The van der Waals surface area contributed by atoms with Crippen LogP contribution in [-0.4, -0.2) is 17.9 Å². The first kappa shape index (κ1) is 18.0. The van der Waals surface area contributed by atoms with E-state index in [9.17, 15) is 22.8 Å². The fourth-order valence-corrected chi connectivity index (χ4v) is 3.97. The first-order valence-corrected chi connectivity index (χ1v) is 9.58. The zero-order valence-electron chi connectivity index (χ0n) is 14.2. The molecular formula is C19H17F3N2O2S. The van der Waals surface area contributed by atoms with E-state index in [2.05, 4.69) is 10.6 Å². The van der Waals surface area contributed by atoms with E-state index in [0.29, 0.717) is 17.0 Å². The number of halogens is 3. The normalized spacial score (nSPS) is 21.6. The smallest absolute Gasteiger partial charge is 0.349 e. The molecule has 2 aliphatic rings. The van der Waals surface area contributed by atoms with Crippen LogP contribution in [0.15, 0.2) is 35.7 Å². The second kappa shape index (κ2) is 6.67. The molecule has 2 amide bonds. The van der Waals surface area contributed by atoms with E-state index >= 15 is 0 Å². The molecule has 0 bridgehead atoms. The Morgan fingerprint density at radius 2 is 1.85 bits per heavy atom. The van der Waals surface area contributed by atoms with E-state index in [1.165, 1.54) is 23.5 Å². The molecule has 0 spiro atoms. The van der Waals surface area contributed by atoms with Crippen LogP contribution in [0.4, 0.5) is 18.2 Å². The number of thiophene rings is 1. The number of nitrogens with one attached hydrogen (secondary N) is 2. The van der Waals surface area contributed by atoms with Gasteiger partial charge in [0, 0.05) is 12.0 Å². The molecule has 4 rings (SSSR count). The van der Waals surface area contributed by atoms with Gasteiger partial charge in [0.25, 0.3) is 5.91 Å². The minimum atomic E-state index is -4.44. The summed E-state index contributed by atoms with van der Waals surface area (Å²) in [6.07, 6.45) is -2.16. The van der Waals surface area contributed by atoms with Gasteiger partial charge in [-0.3, -0.25) is 9.59 Å². The molecule has 2 saturated carbocycles. The standard InChI is InChI=1S/C19H17F3N2O2S/c20-19(21,22)15-4-2-1-3-11(15)13-9-14(13)17(26)24-18-12(7-8-27-18)16(25)23-10-5-6-10/h1-4,7-8,10,13-14H,5-6,9H2,(H,23,25)(H,24,26). The van der Waals surface area contributed by atoms with Gasteiger partial charge < -0.3 is 10.6 Å². The predicted molar refractivity (Wildman–Crippen MR) is 95.7 cm³/mol. The molecule has 2 atom stereocenters. The highest BCUT2D eigenvalue weighted by Crippen LogP contribution is 2.51. The summed E-state index contributed by atoms with van der Waals surface area (Å²) in [5.41, 5.74) is -0.137. The van der Waals surface area contributed by atoms with Crippen molar-refractivity contribution < 1.29 is 22.8 Å². The summed E-state index contributed by atoms with van der Waals surface area (Å²) in [6.45, 7) is 0. The van der Waals surface area contributed by atoms with E-state index in [4.69, 9.17) is 0 Å². The molecule has 27 heavy (non-hydrogen) atoms. The number of alkyl halides is 3. The van der Waals surface area contributed by atoms with E-state index in [0.717, 1.165) is 18.9 Å². The van der Waals surface area contributed by atoms with Crippen LogP contribution in [0, 0.1) is 5.92 Å². The van der Waals surface area contributed by atoms with Crippen molar-refractivity contribution >= 4 is 28.2 Å². The quantitative estimate of drug-likeness (QED) is 0.790. The molecule has 4 nitrogen and oxygen atoms in total. The lowest BCUT2D eigenvalue weighted by Gasteiger charge is -2.12. The molecule has 0 saturated heterocycles. The van der Waals surface area contributed by atoms with Crippen LogP contribution in [0.2, 0.25) is 0 Å². The van der Waals surface area contributed by atoms with Crippen LogP contribution in [0.25, 0.3) is 0 Å². The molecule has 1 heterocycles. The maximum absolute atomic E-state index is 13.2. The molecule has 0 radical (unpaired) electrons. The van der Waals surface area contributed by atoms with Gasteiger partial charge in [-0.25, -0.2) is 0 Å². The van der Waals surface area contributed by atoms with Crippen molar-refractivity contribution in [3.63, 3.8) is 0 Å². The van der Waals surface area contributed by atoms with Gasteiger partial charge in [-0.1, -0.05) is 18.2 Å². The van der Waals surface area contributed by atoms with Gasteiger partial charge in [-0.05, 0) is 48.3 Å². The Morgan fingerprint density at radius 1 is 1.11 bits per heavy atom. The Bertz CT molecular complexity index is 889. The summed E-state index contributed by atoms with van der Waals surface area (Å²) in [5, 5.41) is 7.73. The number of amides is 2. The zero-order valence-corrected chi connectivity index (χ0v) is 15.0. The van der Waals surface area contributed by atoms with Crippen molar-refractivity contribution in [2.75, 3.05) is 5.32 Å². The average molecular weight is 394 g/mol. The third-order valence-electron chi connectivity index (χ3n) is 4.85. The second-order valence-corrected chi connectivity index (χ2v) is 7.85. The first-order valence-electron chi connectivity index (χ1n) is 8.70. The highest BCUT2D eigenvalue weighted by Gasteiger charge is 2.48. The van der Waals surface area contributed by atoms with Crippen molar-refractivity contribution in [2.45, 2.75) is 37.4 Å². The molecule has 2 unspecified atom stereocenters. The highest BCUT2D eigenvalue weighted by atomic mass is 32.1. The SMILES string of the molecule is O=C(NC1CC1)c1ccsc1NC(=O)C1CC1c1ccccc1C(F)(F)F. The molecule has 2 N–H and O–H groups in total. The Morgan fingerprint density at radius 3 is 2.56 bits per heavy atom. The minimum Gasteiger partial charge on any atom is -0.349 e. The van der Waals surface area contributed by atoms with Gasteiger partial charge in [0.2, 0.25) is 5.91 Å². The topological polar surface area (TPSA) is 58.2 Å². The lowest BCUT2D eigenvalue weighted by Crippen LogP contribution is -2.26. The van der Waals surface area contributed by atoms with Crippen LogP contribution in [0.5, 0.6) is 0 Å². The van der Waals surface area contributed by atoms with Crippen molar-refractivity contribution in [1.82, 2.24) is 5.32 Å². The van der Waals surface area contributed by atoms with Gasteiger partial charge in [0.1, 0.15) is 5.00 Å². The minimum absolute atomic E-state index is 0.156. The molecule has 142 valence electrons. The van der Waals surface area contributed by atoms with Crippen LogP contribution in [-0.2, 0) is 11.0 Å². The van der Waals surface area contributed by atoms with Gasteiger partial charge in [-0.2, -0.15) is 13.2 Å². The molecule has 8 heteroatoms. The van der Waals surface area contributed by atoms with E-state index in [1.807, 2.05) is 0 Å². The summed E-state index contributed by atoms with van der Waals surface area (Å²) < 4.78 is 39.5. The summed E-state index contributed by atoms with van der Waals surface area (Å²) in [4.78, 5) is 24.7. The van der Waals surface area contributed by atoms with Gasteiger partial charge in [0.15, 0.2) is 0 Å². The zero-order chi connectivity index (χ0) is 19.2. The van der Waals surface area contributed by atoms with Crippen molar-refractivity contribution in [2.24, 2.45) is 5.92 Å². The summed E-state index contributed by atoms with van der Waals surface area (Å²) in [7, 11) is 0. The number of anilines is 1. The predicted octanol–water partition coefficient (Wildman–Crippen LogP) is 4.40. The molecule has 0 aliphatic heterocycles. The van der Waals surface area contributed by atoms with Crippen molar-refractivity contribution in [1.29, 1.82) is 0 Å². The molecule has 1 aromatic heterocycles. The number of benzene rings is 1. The van der Waals surface area contributed by atoms with Crippen LogP contribution < -0.4 is 10.6 Å². The number of carbonyl (C=O) groups excluding carboxylic acids is 2. The Labute approximate surface area is 157 Å². The number of hydrogen-bond acceptors (Lipinski definition) is 3. The fourth-order valence-electron chi connectivity index (χ4n) is 3.19. The van der Waals surface area contributed by atoms with E-state index in [1.54, 1.807) is 17.5 Å². The maximum atomic E-state index is 13.2. The fraction of sp³-hybridized carbons (Fsp3) is 0.368.